The van der Waals surface area contributed by atoms with Crippen LogP contribution in [0.1, 0.15) is 55.1 Å². The highest BCUT2D eigenvalue weighted by molar-refractivity contribution is 5.95. The molecule has 26 heavy (non-hydrogen) atoms. The summed E-state index contributed by atoms with van der Waals surface area (Å²) >= 11 is 0. The number of aliphatic hydroxyl groups is 1. The number of piperidine rings is 2. The lowest BCUT2D eigenvalue weighted by molar-refractivity contribution is -0.139. The highest BCUT2D eigenvalue weighted by atomic mass is 16.3. The lowest BCUT2D eigenvalue weighted by Gasteiger charge is -2.48. The van der Waals surface area contributed by atoms with Gasteiger partial charge in [-0.25, -0.2) is 0 Å². The molecule has 7 heteroatoms. The van der Waals surface area contributed by atoms with Gasteiger partial charge in [-0.3, -0.25) is 14.3 Å². The molecule has 3 heterocycles. The van der Waals surface area contributed by atoms with Gasteiger partial charge in [0.05, 0.1) is 18.4 Å². The monoisotopic (exact) mass is 362 g/mol. The second-order valence-electron chi connectivity index (χ2n) is 7.74. The Morgan fingerprint density at radius 1 is 1.31 bits per heavy atom. The van der Waals surface area contributed by atoms with E-state index in [1.807, 2.05) is 16.5 Å². The minimum absolute atomic E-state index is 0.0136. The SMILES string of the molecule is CCCn1ncc(C(=O)N2CCC[C@@]3(CCC(=O)N(CCO)C3)C2)c1C. The second-order valence-corrected chi connectivity index (χ2v) is 7.74. The van der Waals surface area contributed by atoms with E-state index in [0.29, 0.717) is 31.6 Å². The number of rotatable bonds is 5. The molecule has 0 saturated carbocycles. The third kappa shape index (κ3) is 3.63. The number of likely N-dealkylation sites (tertiary alicyclic amines) is 2. The number of hydrogen-bond acceptors (Lipinski definition) is 4. The maximum absolute atomic E-state index is 13.1. The minimum atomic E-state index is -0.0374. The molecule has 0 aliphatic carbocycles. The molecule has 1 aromatic heterocycles. The number of aromatic nitrogens is 2. The second kappa shape index (κ2) is 7.78. The Morgan fingerprint density at radius 3 is 2.85 bits per heavy atom. The predicted molar refractivity (Wildman–Crippen MR) is 97.7 cm³/mol. The number of carbonyl (C=O) groups excluding carboxylic acids is 2. The van der Waals surface area contributed by atoms with Gasteiger partial charge in [-0.1, -0.05) is 6.92 Å². The molecule has 2 aliphatic heterocycles. The molecule has 0 radical (unpaired) electrons. The summed E-state index contributed by atoms with van der Waals surface area (Å²) in [6, 6.07) is 0. The molecule has 144 valence electrons. The first-order valence-corrected chi connectivity index (χ1v) is 9.70. The fraction of sp³-hybridized carbons (Fsp3) is 0.737. The van der Waals surface area contributed by atoms with E-state index in [-0.39, 0.29) is 23.8 Å². The molecule has 1 spiro atoms. The van der Waals surface area contributed by atoms with E-state index in [2.05, 4.69) is 12.0 Å². The third-order valence-corrected chi connectivity index (χ3v) is 5.84. The topological polar surface area (TPSA) is 78.7 Å². The van der Waals surface area contributed by atoms with Crippen molar-refractivity contribution in [1.29, 1.82) is 0 Å². The molecular weight excluding hydrogens is 332 g/mol. The predicted octanol–water partition coefficient (Wildman–Crippen LogP) is 1.44. The fourth-order valence-electron chi connectivity index (χ4n) is 4.41. The molecule has 1 N–H and O–H groups in total. The van der Waals surface area contributed by atoms with Crippen LogP contribution in [0.4, 0.5) is 0 Å². The first-order valence-electron chi connectivity index (χ1n) is 9.70. The van der Waals surface area contributed by atoms with Crippen LogP contribution in [0, 0.1) is 12.3 Å². The van der Waals surface area contributed by atoms with Crippen molar-refractivity contribution >= 4 is 11.8 Å². The zero-order valence-electron chi connectivity index (χ0n) is 15.9. The molecule has 2 saturated heterocycles. The quantitative estimate of drug-likeness (QED) is 0.860. The van der Waals surface area contributed by atoms with Gasteiger partial charge in [-0.05, 0) is 32.6 Å². The summed E-state index contributed by atoms with van der Waals surface area (Å²) in [4.78, 5) is 28.9. The number of carbonyl (C=O) groups is 2. The lowest BCUT2D eigenvalue weighted by Crippen LogP contribution is -2.55. The van der Waals surface area contributed by atoms with Gasteiger partial charge < -0.3 is 14.9 Å². The van der Waals surface area contributed by atoms with Crippen LogP contribution in [0.25, 0.3) is 0 Å². The van der Waals surface area contributed by atoms with Gasteiger partial charge in [0.2, 0.25) is 5.91 Å². The molecule has 0 aromatic carbocycles. The van der Waals surface area contributed by atoms with Crippen molar-refractivity contribution in [1.82, 2.24) is 19.6 Å². The van der Waals surface area contributed by atoms with Crippen molar-refractivity contribution in [2.75, 3.05) is 32.8 Å². The van der Waals surface area contributed by atoms with Gasteiger partial charge >= 0.3 is 0 Å². The summed E-state index contributed by atoms with van der Waals surface area (Å²) < 4.78 is 1.90. The van der Waals surface area contributed by atoms with Crippen molar-refractivity contribution in [3.05, 3.63) is 17.5 Å². The van der Waals surface area contributed by atoms with Crippen molar-refractivity contribution in [2.45, 2.75) is 52.5 Å². The van der Waals surface area contributed by atoms with E-state index in [1.54, 1.807) is 11.1 Å². The standard InChI is InChI=1S/C19H30N4O3/c1-3-8-23-15(2)16(12-20-23)18(26)22-9-4-6-19(14-22)7-5-17(25)21(13-19)10-11-24/h12,24H,3-11,13-14H2,1-2H3/t19-/m0/s1. The van der Waals surface area contributed by atoms with Crippen LogP contribution in [0.3, 0.4) is 0 Å². The third-order valence-electron chi connectivity index (χ3n) is 5.84. The molecule has 1 aromatic rings. The number of aliphatic hydroxyl groups excluding tert-OH is 1. The minimum Gasteiger partial charge on any atom is -0.395 e. The van der Waals surface area contributed by atoms with Crippen LogP contribution in [0.2, 0.25) is 0 Å². The molecule has 2 amide bonds. The number of nitrogens with zero attached hydrogens (tertiary/aromatic N) is 4. The Hall–Kier alpha value is -1.89. The van der Waals surface area contributed by atoms with Gasteiger partial charge in [-0.2, -0.15) is 5.10 Å². The van der Waals surface area contributed by atoms with Crippen LogP contribution >= 0.6 is 0 Å². The summed E-state index contributed by atoms with van der Waals surface area (Å²) in [6.07, 6.45) is 5.99. The fourth-order valence-corrected chi connectivity index (χ4v) is 4.41. The smallest absolute Gasteiger partial charge is 0.257 e. The molecule has 0 unspecified atom stereocenters. The Balaban J connectivity index is 1.74. The zero-order valence-corrected chi connectivity index (χ0v) is 15.9. The maximum Gasteiger partial charge on any atom is 0.257 e. The maximum atomic E-state index is 13.1. The van der Waals surface area contributed by atoms with E-state index < -0.39 is 0 Å². The van der Waals surface area contributed by atoms with Gasteiger partial charge in [0.15, 0.2) is 0 Å². The molecule has 1 atom stereocenters. The first-order chi connectivity index (χ1) is 12.5. The van der Waals surface area contributed by atoms with Gasteiger partial charge in [0.25, 0.3) is 5.91 Å². The Kier molecular flexibility index (Phi) is 5.65. The average molecular weight is 362 g/mol. The zero-order chi connectivity index (χ0) is 18.7. The summed E-state index contributed by atoms with van der Waals surface area (Å²) in [7, 11) is 0. The van der Waals surface area contributed by atoms with Crippen molar-refractivity contribution in [3.8, 4) is 0 Å². The lowest BCUT2D eigenvalue weighted by atomic mass is 9.73. The van der Waals surface area contributed by atoms with Crippen LogP contribution in [0.15, 0.2) is 6.20 Å². The summed E-state index contributed by atoms with van der Waals surface area (Å²) in [5.41, 5.74) is 1.58. The van der Waals surface area contributed by atoms with E-state index in [9.17, 15) is 14.7 Å². The molecule has 0 bridgehead atoms. The largest absolute Gasteiger partial charge is 0.395 e. The highest BCUT2D eigenvalue weighted by Gasteiger charge is 2.42. The molecule has 2 aliphatic rings. The van der Waals surface area contributed by atoms with Crippen molar-refractivity contribution in [2.24, 2.45) is 5.41 Å². The molecular formula is C19H30N4O3. The van der Waals surface area contributed by atoms with Gasteiger partial charge in [0, 0.05) is 50.3 Å². The number of hydrogen-bond donors (Lipinski definition) is 1. The van der Waals surface area contributed by atoms with Crippen LogP contribution in [-0.2, 0) is 11.3 Å². The summed E-state index contributed by atoms with van der Waals surface area (Å²) in [5, 5.41) is 13.6. The van der Waals surface area contributed by atoms with Crippen LogP contribution in [-0.4, -0.2) is 69.3 Å². The Bertz CT molecular complexity index is 672. The van der Waals surface area contributed by atoms with E-state index >= 15 is 0 Å². The summed E-state index contributed by atoms with van der Waals surface area (Å²) in [5.74, 6) is 0.166. The number of β-amino-alcohol motifs (C(OH)–C–C–N with tert-alkyl or cyclic N) is 1. The molecule has 7 nitrogen and oxygen atoms in total. The Morgan fingerprint density at radius 2 is 2.12 bits per heavy atom. The van der Waals surface area contributed by atoms with Gasteiger partial charge in [0.1, 0.15) is 0 Å². The number of aryl methyl sites for hydroxylation is 1. The average Bonchev–Trinajstić information content (AvgIpc) is 2.99. The van der Waals surface area contributed by atoms with E-state index in [0.717, 1.165) is 44.5 Å². The van der Waals surface area contributed by atoms with E-state index in [4.69, 9.17) is 0 Å². The number of amides is 2. The summed E-state index contributed by atoms with van der Waals surface area (Å²) in [6.45, 7) is 7.33. The first kappa shape index (κ1) is 18.9. The van der Waals surface area contributed by atoms with Gasteiger partial charge in [-0.15, -0.1) is 0 Å². The molecule has 2 fully saturated rings. The molecule has 3 rings (SSSR count). The van der Waals surface area contributed by atoms with Crippen molar-refractivity contribution < 1.29 is 14.7 Å². The highest BCUT2D eigenvalue weighted by Crippen LogP contribution is 2.39. The van der Waals surface area contributed by atoms with E-state index in [1.165, 1.54) is 0 Å². The van der Waals surface area contributed by atoms with Crippen LogP contribution < -0.4 is 0 Å². The Labute approximate surface area is 155 Å². The normalized spacial score (nSPS) is 23.7. The van der Waals surface area contributed by atoms with Crippen molar-refractivity contribution in [3.63, 3.8) is 0 Å². The van der Waals surface area contributed by atoms with Crippen LogP contribution in [0.5, 0.6) is 0 Å².